The van der Waals surface area contributed by atoms with Crippen molar-refractivity contribution in [3.63, 3.8) is 0 Å². The molecule has 0 radical (unpaired) electrons. The molecule has 0 atom stereocenters. The highest BCUT2D eigenvalue weighted by Crippen LogP contribution is 2.15. The fourth-order valence-corrected chi connectivity index (χ4v) is 0.549. The Labute approximate surface area is 74.3 Å². The van der Waals surface area contributed by atoms with Crippen molar-refractivity contribution in [2.24, 2.45) is 5.41 Å². The van der Waals surface area contributed by atoms with Gasteiger partial charge in [0.25, 0.3) is 0 Å². The van der Waals surface area contributed by atoms with E-state index in [2.05, 4.69) is 5.92 Å². The summed E-state index contributed by atoms with van der Waals surface area (Å²) in [4.78, 5) is 11.2. The lowest BCUT2D eigenvalue weighted by Crippen LogP contribution is -2.25. The van der Waals surface area contributed by atoms with Crippen LogP contribution < -0.4 is 0 Å². The van der Waals surface area contributed by atoms with Gasteiger partial charge in [0.1, 0.15) is 5.41 Å². The first-order chi connectivity index (χ1) is 5.54. The second kappa shape index (κ2) is 4.82. The molecule has 12 heavy (non-hydrogen) atoms. The molecule has 68 valence electrons. The Kier molecular flexibility index (Phi) is 4.43. The zero-order valence-electron chi connectivity index (χ0n) is 8.02. The zero-order chi connectivity index (χ0) is 9.61. The second-order valence-corrected chi connectivity index (χ2v) is 3.26. The van der Waals surface area contributed by atoms with E-state index < -0.39 is 5.41 Å². The van der Waals surface area contributed by atoms with Gasteiger partial charge in [-0.2, -0.15) is 0 Å². The number of ether oxygens (including phenoxy) is 1. The molecule has 0 aliphatic rings. The summed E-state index contributed by atoms with van der Waals surface area (Å²) >= 11 is 0. The van der Waals surface area contributed by atoms with Crippen LogP contribution in [0.15, 0.2) is 0 Å². The fraction of sp³-hybridized carbons (Fsp3) is 0.700. The van der Waals surface area contributed by atoms with Crippen molar-refractivity contribution in [2.45, 2.75) is 33.6 Å². The smallest absolute Gasteiger partial charge is 0.323 e. The van der Waals surface area contributed by atoms with Crippen LogP contribution in [-0.2, 0) is 9.53 Å². The Bertz CT molecular complexity index is 187. The molecule has 0 aromatic heterocycles. The summed E-state index contributed by atoms with van der Waals surface area (Å²) in [5.74, 6) is 2.09. The molecular weight excluding hydrogens is 152 g/mol. The van der Waals surface area contributed by atoms with Crippen molar-refractivity contribution in [3.8, 4) is 12.3 Å². The highest BCUT2D eigenvalue weighted by Gasteiger charge is 2.26. The van der Waals surface area contributed by atoms with Crippen molar-refractivity contribution >= 4 is 5.97 Å². The van der Waals surface area contributed by atoms with E-state index in [1.54, 1.807) is 13.8 Å². The van der Waals surface area contributed by atoms with Gasteiger partial charge in [0.15, 0.2) is 0 Å². The Morgan fingerprint density at radius 1 is 1.58 bits per heavy atom. The summed E-state index contributed by atoms with van der Waals surface area (Å²) in [6.45, 7) is 5.88. The molecule has 0 saturated carbocycles. The molecule has 0 aromatic rings. The lowest BCUT2D eigenvalue weighted by atomic mass is 9.95. The van der Waals surface area contributed by atoms with Gasteiger partial charge in [-0.15, -0.1) is 6.42 Å². The van der Waals surface area contributed by atoms with Gasteiger partial charge in [0.05, 0.1) is 6.61 Å². The van der Waals surface area contributed by atoms with E-state index in [9.17, 15) is 4.79 Å². The minimum atomic E-state index is -0.784. The molecule has 0 bridgehead atoms. The summed E-state index contributed by atoms with van der Waals surface area (Å²) in [6, 6.07) is 0. The van der Waals surface area contributed by atoms with Crippen LogP contribution in [0.4, 0.5) is 0 Å². The van der Waals surface area contributed by atoms with Crippen LogP contribution in [-0.4, -0.2) is 12.6 Å². The highest BCUT2D eigenvalue weighted by atomic mass is 16.5. The van der Waals surface area contributed by atoms with Crippen molar-refractivity contribution in [1.82, 2.24) is 0 Å². The third-order valence-corrected chi connectivity index (χ3v) is 1.60. The van der Waals surface area contributed by atoms with Crippen LogP contribution in [0.1, 0.15) is 33.6 Å². The quantitative estimate of drug-likeness (QED) is 0.364. The van der Waals surface area contributed by atoms with Crippen molar-refractivity contribution < 1.29 is 9.53 Å². The number of hydrogen-bond acceptors (Lipinski definition) is 2. The van der Waals surface area contributed by atoms with Crippen molar-refractivity contribution in [1.29, 1.82) is 0 Å². The molecule has 0 aliphatic heterocycles. The van der Waals surface area contributed by atoms with Crippen molar-refractivity contribution in [3.05, 3.63) is 0 Å². The van der Waals surface area contributed by atoms with Crippen LogP contribution in [0.5, 0.6) is 0 Å². The van der Waals surface area contributed by atoms with Gasteiger partial charge >= 0.3 is 5.97 Å². The van der Waals surface area contributed by atoms with E-state index in [0.717, 1.165) is 12.8 Å². The molecule has 2 nitrogen and oxygen atoms in total. The first-order valence-electron chi connectivity index (χ1n) is 4.19. The Morgan fingerprint density at radius 2 is 2.17 bits per heavy atom. The van der Waals surface area contributed by atoms with Gasteiger partial charge in [-0.25, -0.2) is 0 Å². The number of terminal acetylenes is 1. The normalized spacial score (nSPS) is 10.5. The second-order valence-electron chi connectivity index (χ2n) is 3.26. The van der Waals surface area contributed by atoms with Gasteiger partial charge in [-0.3, -0.25) is 4.79 Å². The number of rotatable bonds is 4. The predicted molar refractivity (Wildman–Crippen MR) is 48.5 cm³/mol. The summed E-state index contributed by atoms with van der Waals surface area (Å²) in [7, 11) is 0. The van der Waals surface area contributed by atoms with E-state index in [1.165, 1.54) is 0 Å². The highest BCUT2D eigenvalue weighted by molar-refractivity contribution is 5.79. The maximum absolute atomic E-state index is 11.2. The summed E-state index contributed by atoms with van der Waals surface area (Å²) < 4.78 is 4.96. The first-order valence-corrected chi connectivity index (χ1v) is 4.19. The average molecular weight is 168 g/mol. The van der Waals surface area contributed by atoms with Crippen LogP contribution in [0.3, 0.4) is 0 Å². The summed E-state index contributed by atoms with van der Waals surface area (Å²) in [5.41, 5.74) is -0.784. The van der Waals surface area contributed by atoms with Crippen LogP contribution in [0.2, 0.25) is 0 Å². The van der Waals surface area contributed by atoms with Crippen LogP contribution in [0, 0.1) is 17.8 Å². The van der Waals surface area contributed by atoms with Gasteiger partial charge in [0.2, 0.25) is 0 Å². The minimum absolute atomic E-state index is 0.307. The Hall–Kier alpha value is -0.970. The predicted octanol–water partition coefficient (Wildman–Crippen LogP) is 1.99. The van der Waals surface area contributed by atoms with Gasteiger partial charge in [-0.1, -0.05) is 19.3 Å². The Morgan fingerprint density at radius 3 is 2.58 bits per heavy atom. The minimum Gasteiger partial charge on any atom is -0.465 e. The SMILES string of the molecule is C#CC(C)(C)C(=O)OCCCC. The zero-order valence-corrected chi connectivity index (χ0v) is 8.02. The molecule has 0 unspecified atom stereocenters. The molecule has 0 fully saturated rings. The fourth-order valence-electron chi connectivity index (χ4n) is 0.549. The lowest BCUT2D eigenvalue weighted by Gasteiger charge is -2.15. The van der Waals surface area contributed by atoms with Crippen LogP contribution >= 0.6 is 0 Å². The largest absolute Gasteiger partial charge is 0.465 e. The van der Waals surface area contributed by atoms with Crippen molar-refractivity contribution in [2.75, 3.05) is 6.61 Å². The standard InChI is InChI=1S/C10H16O2/c1-5-7-8-12-9(11)10(3,4)6-2/h2H,5,7-8H2,1,3-4H3. The molecule has 0 aromatic carbocycles. The number of hydrogen-bond donors (Lipinski definition) is 0. The summed E-state index contributed by atoms with van der Waals surface area (Å²) in [5, 5.41) is 0. The molecule has 0 aliphatic carbocycles. The number of carbonyl (C=O) groups excluding carboxylic acids is 1. The molecule has 0 heterocycles. The monoisotopic (exact) mass is 168 g/mol. The third-order valence-electron chi connectivity index (χ3n) is 1.60. The number of esters is 1. The molecule has 2 heteroatoms. The maximum atomic E-state index is 11.2. The van der Waals surface area contributed by atoms with E-state index in [4.69, 9.17) is 11.2 Å². The van der Waals surface area contributed by atoms with Gasteiger partial charge in [-0.05, 0) is 20.3 Å². The third kappa shape index (κ3) is 3.43. The van der Waals surface area contributed by atoms with E-state index in [1.807, 2.05) is 6.92 Å². The molecule has 0 amide bonds. The number of unbranched alkanes of at least 4 members (excludes halogenated alkanes) is 1. The molecule has 0 N–H and O–H groups in total. The number of carbonyl (C=O) groups is 1. The topological polar surface area (TPSA) is 26.3 Å². The lowest BCUT2D eigenvalue weighted by molar-refractivity contribution is -0.150. The molecule has 0 rings (SSSR count). The molecule has 0 saturated heterocycles. The van der Waals surface area contributed by atoms with E-state index >= 15 is 0 Å². The van der Waals surface area contributed by atoms with Crippen LogP contribution in [0.25, 0.3) is 0 Å². The maximum Gasteiger partial charge on any atom is 0.323 e. The van der Waals surface area contributed by atoms with Gasteiger partial charge < -0.3 is 4.74 Å². The van der Waals surface area contributed by atoms with E-state index in [0.29, 0.717) is 6.61 Å². The Balaban J connectivity index is 3.82. The van der Waals surface area contributed by atoms with E-state index in [-0.39, 0.29) is 5.97 Å². The average Bonchev–Trinajstić information content (AvgIpc) is 2.05. The molecular formula is C10H16O2. The summed E-state index contributed by atoms with van der Waals surface area (Å²) in [6.07, 6.45) is 7.07. The molecule has 0 spiro atoms. The van der Waals surface area contributed by atoms with Gasteiger partial charge in [0, 0.05) is 0 Å². The first kappa shape index (κ1) is 11.0.